The highest BCUT2D eigenvalue weighted by Crippen LogP contribution is 2.49. The van der Waals surface area contributed by atoms with Crippen LogP contribution in [-0.4, -0.2) is 40.8 Å². The summed E-state index contributed by atoms with van der Waals surface area (Å²) in [4.78, 5) is 14.0. The van der Waals surface area contributed by atoms with Gasteiger partial charge in [0, 0.05) is 19.6 Å². The van der Waals surface area contributed by atoms with Crippen LogP contribution in [0.3, 0.4) is 0 Å². The van der Waals surface area contributed by atoms with Crippen molar-refractivity contribution in [1.82, 2.24) is 4.90 Å². The summed E-state index contributed by atoms with van der Waals surface area (Å²) in [6.45, 7) is 4.46. The number of phenolic OH excluding ortho intramolecular Hbond substituents is 1. The molecule has 0 spiro atoms. The molecular weight excluding hydrogens is 362 g/mol. The van der Waals surface area contributed by atoms with Crippen LogP contribution in [0.5, 0.6) is 11.5 Å². The number of ether oxygens (including phenoxy) is 1. The first-order valence-corrected chi connectivity index (χ1v) is 8.85. The summed E-state index contributed by atoms with van der Waals surface area (Å²) in [5.74, 6) is 0.177. The van der Waals surface area contributed by atoms with Gasteiger partial charge in [0.25, 0.3) is 0 Å². The number of nitrogens with zero attached hydrogens (tertiary/aromatic N) is 1. The average molecular weight is 384 g/mol. The molecule has 6 heteroatoms. The quantitative estimate of drug-likeness (QED) is 0.816. The summed E-state index contributed by atoms with van der Waals surface area (Å²) in [6.07, 6.45) is 2.81. The van der Waals surface area contributed by atoms with E-state index in [4.69, 9.17) is 4.74 Å². The SMILES string of the molecule is CCOc1cc(CN2C[C@@H]3CCC[C@@]3(C(=O)O)C2)cc(Br)c1O. The molecule has 0 amide bonds. The van der Waals surface area contributed by atoms with Crippen LogP contribution in [0.25, 0.3) is 0 Å². The standard InChI is InChI=1S/C17H22BrNO4/c1-2-23-14-7-11(6-13(18)15(14)20)8-19-9-12-4-3-5-17(12,10-19)16(21)22/h6-7,12,20H,2-5,8-10H2,1H3,(H,21,22)/t12-,17+/m0/s1. The zero-order valence-corrected chi connectivity index (χ0v) is 14.8. The topological polar surface area (TPSA) is 70.0 Å². The van der Waals surface area contributed by atoms with E-state index in [9.17, 15) is 15.0 Å². The molecule has 1 heterocycles. The number of carboxylic acids is 1. The number of aromatic hydroxyl groups is 1. The number of carboxylic acid groups (broad SMARTS) is 1. The van der Waals surface area contributed by atoms with Crippen molar-refractivity contribution in [2.75, 3.05) is 19.7 Å². The molecule has 2 N–H and O–H groups in total. The number of fused-ring (bicyclic) bond motifs is 1. The molecule has 5 nitrogen and oxygen atoms in total. The van der Waals surface area contributed by atoms with Gasteiger partial charge in [-0.1, -0.05) is 6.42 Å². The predicted octanol–water partition coefficient (Wildman–Crippen LogP) is 3.24. The largest absolute Gasteiger partial charge is 0.503 e. The summed E-state index contributed by atoms with van der Waals surface area (Å²) < 4.78 is 6.07. The monoisotopic (exact) mass is 383 g/mol. The number of aliphatic carboxylic acids is 1. The normalized spacial score (nSPS) is 27.1. The summed E-state index contributed by atoms with van der Waals surface area (Å²) in [6, 6.07) is 3.71. The number of halogens is 1. The number of hydrogen-bond acceptors (Lipinski definition) is 4. The van der Waals surface area contributed by atoms with Crippen LogP contribution < -0.4 is 4.74 Å². The Morgan fingerprint density at radius 2 is 2.30 bits per heavy atom. The third-order valence-corrected chi connectivity index (χ3v) is 5.77. The lowest BCUT2D eigenvalue weighted by Crippen LogP contribution is -2.35. The molecule has 2 atom stereocenters. The van der Waals surface area contributed by atoms with E-state index in [-0.39, 0.29) is 11.7 Å². The molecule has 0 radical (unpaired) electrons. The highest BCUT2D eigenvalue weighted by molar-refractivity contribution is 9.10. The first-order chi connectivity index (χ1) is 11.0. The average Bonchev–Trinajstić information content (AvgIpc) is 3.02. The molecular formula is C17H22BrNO4. The summed E-state index contributed by atoms with van der Waals surface area (Å²) in [5, 5.41) is 19.7. The Labute approximate surface area is 144 Å². The van der Waals surface area contributed by atoms with E-state index < -0.39 is 11.4 Å². The van der Waals surface area contributed by atoms with Crippen molar-refractivity contribution >= 4 is 21.9 Å². The zero-order valence-electron chi connectivity index (χ0n) is 13.2. The number of benzene rings is 1. The van der Waals surface area contributed by atoms with Crippen molar-refractivity contribution in [1.29, 1.82) is 0 Å². The first-order valence-electron chi connectivity index (χ1n) is 8.06. The Kier molecular flexibility index (Phi) is 4.56. The molecule has 1 aliphatic carbocycles. The van der Waals surface area contributed by atoms with E-state index in [1.54, 1.807) is 0 Å². The molecule has 0 bridgehead atoms. The van der Waals surface area contributed by atoms with Crippen LogP contribution in [0.2, 0.25) is 0 Å². The Morgan fingerprint density at radius 1 is 1.52 bits per heavy atom. The van der Waals surface area contributed by atoms with Crippen molar-refractivity contribution in [3.05, 3.63) is 22.2 Å². The molecule has 1 aliphatic heterocycles. The van der Waals surface area contributed by atoms with Crippen LogP contribution in [0.15, 0.2) is 16.6 Å². The lowest BCUT2D eigenvalue weighted by atomic mass is 9.81. The maximum Gasteiger partial charge on any atom is 0.311 e. The number of rotatable bonds is 5. The predicted molar refractivity (Wildman–Crippen MR) is 89.7 cm³/mol. The second-order valence-corrected chi connectivity index (χ2v) is 7.43. The molecule has 0 unspecified atom stereocenters. The van der Waals surface area contributed by atoms with Gasteiger partial charge >= 0.3 is 5.97 Å². The fourth-order valence-corrected chi connectivity index (χ4v) is 4.60. The van der Waals surface area contributed by atoms with Crippen molar-refractivity contribution in [2.45, 2.75) is 32.7 Å². The van der Waals surface area contributed by atoms with E-state index in [1.165, 1.54) is 0 Å². The number of carbonyl (C=O) groups is 1. The van der Waals surface area contributed by atoms with E-state index in [1.807, 2.05) is 19.1 Å². The molecule has 1 aromatic rings. The van der Waals surface area contributed by atoms with Crippen LogP contribution in [0, 0.1) is 11.3 Å². The van der Waals surface area contributed by atoms with Crippen LogP contribution in [0.4, 0.5) is 0 Å². The second kappa shape index (κ2) is 6.32. The van der Waals surface area contributed by atoms with Gasteiger partial charge in [0.05, 0.1) is 16.5 Å². The Bertz CT molecular complexity index is 621. The van der Waals surface area contributed by atoms with Crippen LogP contribution in [-0.2, 0) is 11.3 Å². The van der Waals surface area contributed by atoms with Crippen molar-refractivity contribution in [2.24, 2.45) is 11.3 Å². The fourth-order valence-electron chi connectivity index (χ4n) is 4.11. The first kappa shape index (κ1) is 16.6. The molecule has 3 rings (SSSR count). The number of hydrogen-bond donors (Lipinski definition) is 2. The van der Waals surface area contributed by atoms with Crippen LogP contribution >= 0.6 is 15.9 Å². The van der Waals surface area contributed by atoms with Gasteiger partial charge in [-0.2, -0.15) is 0 Å². The summed E-state index contributed by atoms with van der Waals surface area (Å²) in [5.41, 5.74) is 0.454. The smallest absolute Gasteiger partial charge is 0.311 e. The van der Waals surface area contributed by atoms with Crippen LogP contribution in [0.1, 0.15) is 31.7 Å². The molecule has 1 saturated heterocycles. The van der Waals surface area contributed by atoms with Crippen molar-refractivity contribution in [3.8, 4) is 11.5 Å². The molecule has 0 aromatic heterocycles. The van der Waals surface area contributed by atoms with Gasteiger partial charge in [0.1, 0.15) is 0 Å². The van der Waals surface area contributed by atoms with E-state index in [0.29, 0.717) is 29.9 Å². The maximum atomic E-state index is 11.8. The zero-order chi connectivity index (χ0) is 16.6. The molecule has 1 saturated carbocycles. The van der Waals surface area contributed by atoms with Gasteiger partial charge in [-0.05, 0) is 59.3 Å². The molecule has 2 aliphatic rings. The molecule has 126 valence electrons. The third kappa shape index (κ3) is 2.94. The van der Waals surface area contributed by atoms with Crippen molar-refractivity contribution in [3.63, 3.8) is 0 Å². The lowest BCUT2D eigenvalue weighted by Gasteiger charge is -2.23. The highest BCUT2D eigenvalue weighted by Gasteiger charge is 2.54. The second-order valence-electron chi connectivity index (χ2n) is 6.58. The van der Waals surface area contributed by atoms with E-state index in [2.05, 4.69) is 20.8 Å². The Hall–Kier alpha value is -1.27. The van der Waals surface area contributed by atoms with Gasteiger partial charge in [0.15, 0.2) is 11.5 Å². The van der Waals surface area contributed by atoms with Crippen molar-refractivity contribution < 1.29 is 19.7 Å². The minimum Gasteiger partial charge on any atom is -0.503 e. The number of likely N-dealkylation sites (tertiary alicyclic amines) is 1. The van der Waals surface area contributed by atoms with E-state index in [0.717, 1.165) is 31.4 Å². The molecule has 1 aromatic carbocycles. The lowest BCUT2D eigenvalue weighted by molar-refractivity contribution is -0.149. The molecule has 23 heavy (non-hydrogen) atoms. The number of phenols is 1. The van der Waals surface area contributed by atoms with Gasteiger partial charge in [0.2, 0.25) is 0 Å². The summed E-state index contributed by atoms with van der Waals surface area (Å²) in [7, 11) is 0. The Balaban J connectivity index is 1.77. The minimum absolute atomic E-state index is 0.107. The van der Waals surface area contributed by atoms with E-state index >= 15 is 0 Å². The molecule has 2 fully saturated rings. The highest BCUT2D eigenvalue weighted by atomic mass is 79.9. The minimum atomic E-state index is -0.649. The van der Waals surface area contributed by atoms with Gasteiger partial charge in [-0.3, -0.25) is 9.69 Å². The van der Waals surface area contributed by atoms with Gasteiger partial charge < -0.3 is 14.9 Å². The third-order valence-electron chi connectivity index (χ3n) is 5.16. The summed E-state index contributed by atoms with van der Waals surface area (Å²) >= 11 is 3.36. The van der Waals surface area contributed by atoms with Gasteiger partial charge in [-0.25, -0.2) is 0 Å². The Morgan fingerprint density at radius 3 is 2.96 bits per heavy atom. The maximum absolute atomic E-state index is 11.8. The fraction of sp³-hybridized carbons (Fsp3) is 0.588. The van der Waals surface area contributed by atoms with Gasteiger partial charge in [-0.15, -0.1) is 0 Å².